The van der Waals surface area contributed by atoms with Crippen LogP contribution in [0.4, 0.5) is 5.69 Å². The monoisotopic (exact) mass is 400 g/mol. The van der Waals surface area contributed by atoms with Crippen molar-refractivity contribution in [2.75, 3.05) is 31.6 Å². The van der Waals surface area contributed by atoms with Crippen molar-refractivity contribution in [2.45, 2.75) is 19.4 Å². The standard InChI is InChI=1S/C16H24N4.HI/c1-4-10-18-16(17-3)19-12-13(2)20-11-9-14-7-5-6-8-15(14)20;/h4-8,13H,1,9-12H2,2-3H3,(H2,17,18,19);1H. The van der Waals surface area contributed by atoms with E-state index in [9.17, 15) is 0 Å². The maximum absolute atomic E-state index is 4.20. The summed E-state index contributed by atoms with van der Waals surface area (Å²) in [5.41, 5.74) is 2.82. The van der Waals surface area contributed by atoms with Gasteiger partial charge in [-0.05, 0) is 25.0 Å². The van der Waals surface area contributed by atoms with Crippen LogP contribution in [0.15, 0.2) is 41.9 Å². The first-order valence-corrected chi connectivity index (χ1v) is 7.16. The summed E-state index contributed by atoms with van der Waals surface area (Å²) >= 11 is 0. The quantitative estimate of drug-likeness (QED) is 0.345. The van der Waals surface area contributed by atoms with Crippen LogP contribution in [0, 0.1) is 0 Å². The second-order valence-electron chi connectivity index (χ2n) is 5.04. The number of benzene rings is 1. The lowest BCUT2D eigenvalue weighted by molar-refractivity contribution is 0.627. The molecular formula is C16H25IN4. The van der Waals surface area contributed by atoms with Gasteiger partial charge in [0.25, 0.3) is 0 Å². The van der Waals surface area contributed by atoms with Gasteiger partial charge in [-0.25, -0.2) is 0 Å². The smallest absolute Gasteiger partial charge is 0.191 e. The van der Waals surface area contributed by atoms with Gasteiger partial charge in [-0.1, -0.05) is 24.3 Å². The normalized spacial score (nSPS) is 15.0. The highest BCUT2D eigenvalue weighted by atomic mass is 127. The third-order valence-electron chi connectivity index (χ3n) is 3.66. The summed E-state index contributed by atoms with van der Waals surface area (Å²) in [7, 11) is 1.79. The number of anilines is 1. The van der Waals surface area contributed by atoms with Gasteiger partial charge in [0, 0.05) is 38.4 Å². The summed E-state index contributed by atoms with van der Waals surface area (Å²) < 4.78 is 0. The van der Waals surface area contributed by atoms with E-state index in [1.807, 2.05) is 6.08 Å². The van der Waals surface area contributed by atoms with Gasteiger partial charge in [0.1, 0.15) is 0 Å². The molecule has 1 atom stereocenters. The van der Waals surface area contributed by atoms with E-state index in [-0.39, 0.29) is 24.0 Å². The molecule has 0 spiro atoms. The van der Waals surface area contributed by atoms with Crippen molar-refractivity contribution >= 4 is 35.6 Å². The molecule has 0 aliphatic carbocycles. The van der Waals surface area contributed by atoms with Gasteiger partial charge in [-0.2, -0.15) is 0 Å². The number of rotatable bonds is 5. The summed E-state index contributed by atoms with van der Waals surface area (Å²) in [5.74, 6) is 0.823. The Morgan fingerprint density at radius 2 is 2.19 bits per heavy atom. The van der Waals surface area contributed by atoms with Gasteiger partial charge in [0.2, 0.25) is 0 Å². The van der Waals surface area contributed by atoms with Crippen LogP contribution in [0.3, 0.4) is 0 Å². The Labute approximate surface area is 144 Å². The molecule has 1 unspecified atom stereocenters. The Morgan fingerprint density at radius 1 is 1.43 bits per heavy atom. The minimum atomic E-state index is 0. The van der Waals surface area contributed by atoms with E-state index in [0.29, 0.717) is 6.04 Å². The van der Waals surface area contributed by atoms with E-state index in [2.05, 4.69) is 58.3 Å². The minimum absolute atomic E-state index is 0. The van der Waals surface area contributed by atoms with Crippen LogP contribution in [0.5, 0.6) is 0 Å². The largest absolute Gasteiger partial charge is 0.366 e. The molecule has 1 aromatic carbocycles. The number of nitrogens with one attached hydrogen (secondary N) is 2. The molecule has 0 saturated heterocycles. The summed E-state index contributed by atoms with van der Waals surface area (Å²) in [6.07, 6.45) is 2.97. The van der Waals surface area contributed by atoms with E-state index in [1.165, 1.54) is 11.3 Å². The Bertz CT molecular complexity index is 487. The summed E-state index contributed by atoms with van der Waals surface area (Å²) in [5, 5.41) is 6.55. The first-order chi connectivity index (χ1) is 9.76. The van der Waals surface area contributed by atoms with Gasteiger partial charge in [0.05, 0.1) is 0 Å². The molecule has 21 heavy (non-hydrogen) atoms. The molecule has 0 saturated carbocycles. The van der Waals surface area contributed by atoms with Crippen molar-refractivity contribution in [1.82, 2.24) is 10.6 Å². The number of halogens is 1. The highest BCUT2D eigenvalue weighted by Gasteiger charge is 2.22. The second kappa shape index (κ2) is 8.92. The van der Waals surface area contributed by atoms with E-state index in [4.69, 9.17) is 0 Å². The van der Waals surface area contributed by atoms with Gasteiger partial charge in [-0.3, -0.25) is 4.99 Å². The molecule has 2 N–H and O–H groups in total. The van der Waals surface area contributed by atoms with Crippen molar-refractivity contribution in [1.29, 1.82) is 0 Å². The number of para-hydroxylation sites is 1. The molecule has 1 aliphatic heterocycles. The second-order valence-corrected chi connectivity index (χ2v) is 5.04. The molecule has 0 aromatic heterocycles. The molecule has 0 bridgehead atoms. The minimum Gasteiger partial charge on any atom is -0.366 e. The molecule has 0 amide bonds. The number of nitrogens with zero attached hydrogens (tertiary/aromatic N) is 2. The average molecular weight is 400 g/mol. The highest BCUT2D eigenvalue weighted by molar-refractivity contribution is 14.0. The van der Waals surface area contributed by atoms with E-state index < -0.39 is 0 Å². The van der Waals surface area contributed by atoms with Crippen molar-refractivity contribution in [3.8, 4) is 0 Å². The van der Waals surface area contributed by atoms with Crippen LogP contribution < -0.4 is 15.5 Å². The molecule has 1 aliphatic rings. The number of hydrogen-bond acceptors (Lipinski definition) is 2. The maximum atomic E-state index is 4.20. The first-order valence-electron chi connectivity index (χ1n) is 7.16. The van der Waals surface area contributed by atoms with Crippen LogP contribution >= 0.6 is 24.0 Å². The summed E-state index contributed by atoms with van der Waals surface area (Å²) in [6.45, 7) is 8.63. The molecule has 1 aromatic rings. The molecular weight excluding hydrogens is 375 g/mol. The van der Waals surface area contributed by atoms with Crippen molar-refractivity contribution in [3.63, 3.8) is 0 Å². The molecule has 0 radical (unpaired) electrons. The van der Waals surface area contributed by atoms with Crippen LogP contribution in [0.1, 0.15) is 12.5 Å². The van der Waals surface area contributed by atoms with E-state index in [0.717, 1.165) is 32.0 Å². The van der Waals surface area contributed by atoms with Crippen LogP contribution in [-0.2, 0) is 6.42 Å². The predicted molar refractivity (Wildman–Crippen MR) is 102 cm³/mol. The van der Waals surface area contributed by atoms with Crippen molar-refractivity contribution in [3.05, 3.63) is 42.5 Å². The first kappa shape index (κ1) is 17.8. The third-order valence-corrected chi connectivity index (χ3v) is 3.66. The third kappa shape index (κ3) is 4.62. The molecule has 0 fully saturated rings. The average Bonchev–Trinajstić information content (AvgIpc) is 2.91. The topological polar surface area (TPSA) is 39.7 Å². The SMILES string of the molecule is C=CCNC(=NC)NCC(C)N1CCc2ccccc21.I. The molecule has 1 heterocycles. The van der Waals surface area contributed by atoms with Gasteiger partial charge in [0.15, 0.2) is 5.96 Å². The lowest BCUT2D eigenvalue weighted by atomic mass is 10.2. The molecule has 116 valence electrons. The lowest BCUT2D eigenvalue weighted by Gasteiger charge is -2.28. The summed E-state index contributed by atoms with van der Waals surface area (Å²) in [4.78, 5) is 6.66. The molecule has 2 rings (SSSR count). The molecule has 5 heteroatoms. The van der Waals surface area contributed by atoms with E-state index >= 15 is 0 Å². The van der Waals surface area contributed by atoms with E-state index in [1.54, 1.807) is 7.05 Å². The zero-order chi connectivity index (χ0) is 14.4. The number of fused-ring (bicyclic) bond motifs is 1. The Morgan fingerprint density at radius 3 is 2.90 bits per heavy atom. The van der Waals surface area contributed by atoms with Crippen molar-refractivity contribution in [2.24, 2.45) is 4.99 Å². The Hall–Kier alpha value is -1.24. The van der Waals surface area contributed by atoms with Gasteiger partial charge >= 0.3 is 0 Å². The number of guanidine groups is 1. The lowest BCUT2D eigenvalue weighted by Crippen LogP contribution is -2.45. The summed E-state index contributed by atoms with van der Waals surface area (Å²) in [6, 6.07) is 9.10. The number of aliphatic imine (C=N–C) groups is 1. The Balaban J connectivity index is 0.00000220. The predicted octanol–water partition coefficient (Wildman–Crippen LogP) is 2.41. The fourth-order valence-electron chi connectivity index (χ4n) is 2.57. The van der Waals surface area contributed by atoms with Crippen LogP contribution in [0.2, 0.25) is 0 Å². The van der Waals surface area contributed by atoms with Crippen LogP contribution in [0.25, 0.3) is 0 Å². The van der Waals surface area contributed by atoms with Gasteiger partial charge in [-0.15, -0.1) is 30.6 Å². The van der Waals surface area contributed by atoms with Crippen LogP contribution in [-0.4, -0.2) is 38.7 Å². The van der Waals surface area contributed by atoms with Crippen molar-refractivity contribution < 1.29 is 0 Å². The Kier molecular flexibility index (Phi) is 7.56. The number of hydrogen-bond donors (Lipinski definition) is 2. The zero-order valence-electron chi connectivity index (χ0n) is 12.8. The highest BCUT2D eigenvalue weighted by Crippen LogP contribution is 2.28. The zero-order valence-corrected chi connectivity index (χ0v) is 15.1. The molecule has 4 nitrogen and oxygen atoms in total. The van der Waals surface area contributed by atoms with Gasteiger partial charge < -0.3 is 15.5 Å². The maximum Gasteiger partial charge on any atom is 0.191 e. The fraction of sp³-hybridized carbons (Fsp3) is 0.438. The fourth-order valence-corrected chi connectivity index (χ4v) is 2.57.